The van der Waals surface area contributed by atoms with Crippen molar-refractivity contribution in [3.05, 3.63) is 0 Å². The molecule has 2 saturated heterocycles. The smallest absolute Gasteiger partial charge is 0.408 e. The van der Waals surface area contributed by atoms with Gasteiger partial charge in [-0.1, -0.05) is 27.7 Å². The van der Waals surface area contributed by atoms with Crippen LogP contribution >= 0.6 is 0 Å². The van der Waals surface area contributed by atoms with E-state index in [1.54, 1.807) is 0 Å². The molecule has 1 spiro atoms. The molecule has 5 aliphatic rings. The molecule has 5 fully saturated rings. The van der Waals surface area contributed by atoms with Gasteiger partial charge in [-0.2, -0.15) is 0 Å². The zero-order chi connectivity index (χ0) is 18.6. The van der Waals surface area contributed by atoms with E-state index in [4.69, 9.17) is 18.6 Å². The summed E-state index contributed by atoms with van der Waals surface area (Å²) in [7, 11) is -0.169. The van der Waals surface area contributed by atoms with Crippen molar-refractivity contribution in [2.45, 2.75) is 103 Å². The van der Waals surface area contributed by atoms with Gasteiger partial charge in [-0.15, -0.1) is 0 Å². The van der Waals surface area contributed by atoms with Crippen LogP contribution < -0.4 is 0 Å². The highest BCUT2D eigenvalue weighted by molar-refractivity contribution is 6.47. The van der Waals surface area contributed by atoms with Crippen molar-refractivity contribution in [2.75, 3.05) is 0 Å². The van der Waals surface area contributed by atoms with E-state index in [2.05, 4.69) is 48.5 Å². The van der Waals surface area contributed by atoms with Gasteiger partial charge in [-0.05, 0) is 63.5 Å². The predicted molar refractivity (Wildman–Crippen MR) is 103 cm³/mol. The SMILES string of the molecule is CC(C)B1OC(C)C(CC(C)B2OC3C4CC5CC3(O2)C54C)C(C)(C)O1. The second-order valence-corrected chi connectivity index (χ2v) is 11.0. The third kappa shape index (κ3) is 1.98. The maximum absolute atomic E-state index is 6.61. The van der Waals surface area contributed by atoms with Crippen LogP contribution in [0.25, 0.3) is 0 Å². The Balaban J connectivity index is 1.26. The van der Waals surface area contributed by atoms with E-state index in [1.165, 1.54) is 12.8 Å². The van der Waals surface area contributed by atoms with Crippen LogP contribution in [0.4, 0.5) is 0 Å². The standard InChI is InChI=1S/C20H34B2O4/c1-11(2)21-23-13(4)15(18(5,6)25-21)8-12(3)22-24-17-16-9-14-10-20(17,26-22)19(14,16)7/h11-17H,8-10H2,1-7H3. The third-order valence-corrected chi connectivity index (χ3v) is 8.91. The third-order valence-electron chi connectivity index (χ3n) is 8.91. The first-order chi connectivity index (χ1) is 12.1. The zero-order valence-corrected chi connectivity index (χ0v) is 17.5. The molecule has 0 aromatic carbocycles. The Hall–Kier alpha value is -0.0301. The Morgan fingerprint density at radius 2 is 1.77 bits per heavy atom. The van der Waals surface area contributed by atoms with Gasteiger partial charge in [0.1, 0.15) is 0 Å². The molecule has 2 heterocycles. The molecule has 3 aliphatic carbocycles. The summed E-state index contributed by atoms with van der Waals surface area (Å²) in [5.41, 5.74) is 0.298. The van der Waals surface area contributed by atoms with Crippen LogP contribution in [-0.2, 0) is 18.6 Å². The Morgan fingerprint density at radius 3 is 2.31 bits per heavy atom. The summed E-state index contributed by atoms with van der Waals surface area (Å²) in [5, 5.41) is 0. The molecule has 0 N–H and O–H groups in total. The zero-order valence-electron chi connectivity index (χ0n) is 17.5. The monoisotopic (exact) mass is 360 g/mol. The van der Waals surface area contributed by atoms with Crippen molar-refractivity contribution in [1.29, 1.82) is 0 Å². The molecule has 3 saturated carbocycles. The quantitative estimate of drug-likeness (QED) is 0.705. The average molecular weight is 360 g/mol. The van der Waals surface area contributed by atoms with Gasteiger partial charge in [-0.3, -0.25) is 0 Å². The van der Waals surface area contributed by atoms with Gasteiger partial charge in [0.15, 0.2) is 0 Å². The van der Waals surface area contributed by atoms with Crippen LogP contribution in [-0.4, -0.2) is 37.6 Å². The van der Waals surface area contributed by atoms with Crippen LogP contribution in [0.2, 0.25) is 11.6 Å². The largest absolute Gasteiger partial charge is 0.460 e. The first-order valence-electron chi connectivity index (χ1n) is 10.8. The predicted octanol–water partition coefficient (Wildman–Crippen LogP) is 4.20. The summed E-state index contributed by atoms with van der Waals surface area (Å²) in [6.45, 7) is 15.7. The van der Waals surface area contributed by atoms with Crippen LogP contribution in [0.5, 0.6) is 0 Å². The van der Waals surface area contributed by atoms with Crippen molar-refractivity contribution in [3.63, 3.8) is 0 Å². The fourth-order valence-corrected chi connectivity index (χ4v) is 7.08. The van der Waals surface area contributed by atoms with Crippen LogP contribution in [0.1, 0.15) is 67.7 Å². The van der Waals surface area contributed by atoms with Gasteiger partial charge in [0.05, 0.1) is 17.3 Å². The minimum absolute atomic E-state index is 0.0585. The van der Waals surface area contributed by atoms with E-state index in [-0.39, 0.29) is 31.5 Å². The van der Waals surface area contributed by atoms with Gasteiger partial charge in [-0.25, -0.2) is 0 Å². The van der Waals surface area contributed by atoms with E-state index < -0.39 is 0 Å². The molecule has 0 amide bonds. The molecule has 0 bridgehead atoms. The van der Waals surface area contributed by atoms with E-state index in [0.717, 1.165) is 18.3 Å². The molecule has 0 aromatic rings. The van der Waals surface area contributed by atoms with Gasteiger partial charge >= 0.3 is 14.2 Å². The average Bonchev–Trinajstić information content (AvgIpc) is 2.97. The number of hydrogen-bond acceptors (Lipinski definition) is 4. The topological polar surface area (TPSA) is 36.9 Å². The summed E-state index contributed by atoms with van der Waals surface area (Å²) in [6, 6.07) is 0. The summed E-state index contributed by atoms with van der Waals surface area (Å²) in [5.74, 6) is 2.72. The first-order valence-corrected chi connectivity index (χ1v) is 10.8. The van der Waals surface area contributed by atoms with Crippen LogP contribution in [0, 0.1) is 23.2 Å². The Labute approximate surface area is 159 Å². The van der Waals surface area contributed by atoms with Crippen molar-refractivity contribution in [3.8, 4) is 0 Å². The fraction of sp³-hybridized carbons (Fsp3) is 1.00. The first kappa shape index (κ1) is 18.0. The molecule has 5 rings (SSSR count). The summed E-state index contributed by atoms with van der Waals surface area (Å²) in [4.78, 5) is 0. The van der Waals surface area contributed by atoms with Crippen LogP contribution in [0.3, 0.4) is 0 Å². The second kappa shape index (κ2) is 5.31. The molecule has 8 atom stereocenters. The molecule has 6 heteroatoms. The van der Waals surface area contributed by atoms with Gasteiger partial charge in [0.25, 0.3) is 0 Å². The summed E-state index contributed by atoms with van der Waals surface area (Å²) < 4.78 is 25.6. The van der Waals surface area contributed by atoms with E-state index >= 15 is 0 Å². The lowest BCUT2D eigenvalue weighted by Crippen LogP contribution is -2.87. The van der Waals surface area contributed by atoms with Crippen molar-refractivity contribution < 1.29 is 18.6 Å². The minimum atomic E-state index is -0.191. The molecule has 144 valence electrons. The lowest BCUT2D eigenvalue weighted by Gasteiger charge is -2.83. The highest BCUT2D eigenvalue weighted by atomic mass is 16.7. The Morgan fingerprint density at radius 1 is 1.04 bits per heavy atom. The number of fused-ring (bicyclic) bond motifs is 1. The highest BCUT2D eigenvalue weighted by Crippen LogP contribution is 2.84. The molecule has 4 nitrogen and oxygen atoms in total. The van der Waals surface area contributed by atoms with E-state index in [0.29, 0.717) is 29.1 Å². The number of rotatable bonds is 4. The van der Waals surface area contributed by atoms with Crippen molar-refractivity contribution in [1.82, 2.24) is 0 Å². The molecular weight excluding hydrogens is 326 g/mol. The van der Waals surface area contributed by atoms with E-state index in [9.17, 15) is 0 Å². The molecule has 0 aromatic heterocycles. The Kier molecular flexibility index (Phi) is 3.68. The van der Waals surface area contributed by atoms with E-state index in [1.807, 2.05) is 0 Å². The maximum atomic E-state index is 6.61. The normalized spacial score (nSPS) is 51.9. The Bertz CT molecular complexity index is 613. The fourth-order valence-electron chi connectivity index (χ4n) is 7.08. The van der Waals surface area contributed by atoms with Gasteiger partial charge < -0.3 is 18.6 Å². The maximum Gasteiger partial charge on any atom is 0.460 e. The molecule has 0 radical (unpaired) electrons. The molecular formula is C20H34B2O4. The minimum Gasteiger partial charge on any atom is -0.408 e. The summed E-state index contributed by atoms with van der Waals surface area (Å²) in [6.07, 6.45) is 4.14. The summed E-state index contributed by atoms with van der Waals surface area (Å²) >= 11 is 0. The number of hydrogen-bond donors (Lipinski definition) is 0. The van der Waals surface area contributed by atoms with Gasteiger partial charge in [0.2, 0.25) is 0 Å². The van der Waals surface area contributed by atoms with Gasteiger partial charge in [0, 0.05) is 17.4 Å². The van der Waals surface area contributed by atoms with Crippen molar-refractivity contribution >= 4 is 14.2 Å². The second-order valence-electron chi connectivity index (χ2n) is 11.0. The lowest BCUT2D eigenvalue weighted by atomic mass is 9.24. The highest BCUT2D eigenvalue weighted by Gasteiger charge is 2.88. The molecule has 26 heavy (non-hydrogen) atoms. The molecule has 8 unspecified atom stereocenters. The van der Waals surface area contributed by atoms with Crippen LogP contribution in [0.15, 0.2) is 0 Å². The molecule has 2 aliphatic heterocycles. The van der Waals surface area contributed by atoms with Crippen molar-refractivity contribution in [2.24, 2.45) is 23.2 Å². The lowest BCUT2D eigenvalue weighted by molar-refractivity contribution is -0.391.